The van der Waals surface area contributed by atoms with E-state index in [4.69, 9.17) is 4.42 Å². The molecule has 1 saturated heterocycles. The maximum absolute atomic E-state index is 14.4. The van der Waals surface area contributed by atoms with Gasteiger partial charge in [0.25, 0.3) is 0 Å². The fraction of sp³-hybridized carbons (Fsp3) is 0.241. The van der Waals surface area contributed by atoms with Crippen LogP contribution in [0.25, 0.3) is 22.3 Å². The van der Waals surface area contributed by atoms with Crippen molar-refractivity contribution in [2.75, 3.05) is 13.1 Å². The second-order valence-corrected chi connectivity index (χ2v) is 9.37. The molecule has 2 N–H and O–H groups in total. The molecule has 0 radical (unpaired) electrons. The first-order valence-electron chi connectivity index (χ1n) is 12.2. The summed E-state index contributed by atoms with van der Waals surface area (Å²) in [5.74, 6) is -7.18. The normalized spacial score (nSPS) is 14.6. The number of piperidine rings is 1. The Hall–Kier alpha value is -4.27. The average Bonchev–Trinajstić information content (AvgIpc) is 2.91. The maximum atomic E-state index is 14.4. The molecule has 6 nitrogen and oxygen atoms in total. The Kier molecular flexibility index (Phi) is 6.84. The van der Waals surface area contributed by atoms with Crippen LogP contribution in [0.5, 0.6) is 11.5 Å². The third kappa shape index (κ3) is 4.71. The second-order valence-electron chi connectivity index (χ2n) is 9.37. The smallest absolute Gasteiger partial charge is 0.223 e. The molecule has 0 saturated carbocycles. The molecule has 0 spiro atoms. The van der Waals surface area contributed by atoms with Crippen LogP contribution in [0, 0.1) is 17.5 Å². The molecule has 1 fully saturated rings. The monoisotopic (exact) mass is 523 g/mol. The molecule has 4 aromatic rings. The van der Waals surface area contributed by atoms with Crippen LogP contribution in [0.15, 0.2) is 63.8 Å². The third-order valence-electron chi connectivity index (χ3n) is 6.90. The summed E-state index contributed by atoms with van der Waals surface area (Å²) < 4.78 is 48.6. The number of hydrogen-bond donors (Lipinski definition) is 2. The zero-order chi connectivity index (χ0) is 27.0. The quantitative estimate of drug-likeness (QED) is 0.322. The number of nitrogens with zero attached hydrogens (tertiary/aromatic N) is 1. The van der Waals surface area contributed by atoms with Crippen molar-refractivity contribution in [1.82, 2.24) is 4.90 Å². The van der Waals surface area contributed by atoms with Crippen molar-refractivity contribution in [3.05, 3.63) is 93.4 Å². The van der Waals surface area contributed by atoms with E-state index in [1.165, 1.54) is 6.07 Å². The standard InChI is InChI=1S/C29H24F3NO5/c30-19-11-17(12-20(31)28(19)32)18(13-25(37)33-9-5-2-6-10-33)26-21(34)14-22(35)27-23(36)15-24(38-29(26)27)16-7-3-1-4-8-16/h1,3-4,7-8,11-12,14-15,18,34-35H,2,5-6,9-10,13H2/t18-/m1/s1. The number of likely N-dealkylation sites (tertiary alicyclic amines) is 1. The summed E-state index contributed by atoms with van der Waals surface area (Å²) in [5, 5.41) is 21.2. The van der Waals surface area contributed by atoms with Crippen molar-refractivity contribution in [3.8, 4) is 22.8 Å². The number of aromatic hydroxyl groups is 2. The predicted molar refractivity (Wildman–Crippen MR) is 134 cm³/mol. The van der Waals surface area contributed by atoms with Crippen LogP contribution >= 0.6 is 0 Å². The molecule has 0 bridgehead atoms. The van der Waals surface area contributed by atoms with E-state index in [0.717, 1.165) is 37.5 Å². The molecule has 9 heteroatoms. The molecule has 3 aromatic carbocycles. The van der Waals surface area contributed by atoms with Gasteiger partial charge in [-0.15, -0.1) is 0 Å². The number of hydrogen-bond acceptors (Lipinski definition) is 5. The molecule has 196 valence electrons. The summed E-state index contributed by atoms with van der Waals surface area (Å²) in [4.78, 5) is 28.0. The van der Waals surface area contributed by atoms with Gasteiger partial charge in [-0.2, -0.15) is 0 Å². The van der Waals surface area contributed by atoms with Crippen LogP contribution in [0.2, 0.25) is 0 Å². The number of phenolic OH excluding ortho intramolecular Hbond substituents is 2. The summed E-state index contributed by atoms with van der Waals surface area (Å²) >= 11 is 0. The Bertz CT molecular complexity index is 1560. The van der Waals surface area contributed by atoms with Gasteiger partial charge in [-0.25, -0.2) is 13.2 Å². The Balaban J connectivity index is 1.75. The van der Waals surface area contributed by atoms with Gasteiger partial charge in [0, 0.05) is 48.7 Å². The lowest BCUT2D eigenvalue weighted by atomic mass is 9.85. The first-order chi connectivity index (χ1) is 18.2. The molecule has 38 heavy (non-hydrogen) atoms. The van der Waals surface area contributed by atoms with Crippen LogP contribution in [-0.4, -0.2) is 34.1 Å². The van der Waals surface area contributed by atoms with E-state index in [2.05, 4.69) is 0 Å². The Morgan fingerprint density at radius 2 is 1.58 bits per heavy atom. The number of phenols is 2. The lowest BCUT2D eigenvalue weighted by Gasteiger charge is -2.29. The summed E-state index contributed by atoms with van der Waals surface area (Å²) in [6, 6.07) is 12.2. The van der Waals surface area contributed by atoms with Gasteiger partial charge in [-0.1, -0.05) is 30.3 Å². The molecule has 5 rings (SSSR count). The van der Waals surface area contributed by atoms with Gasteiger partial charge in [-0.05, 0) is 37.0 Å². The van der Waals surface area contributed by atoms with E-state index in [0.29, 0.717) is 18.7 Å². The minimum Gasteiger partial charge on any atom is -0.507 e. The molecular formula is C29H24F3NO5. The summed E-state index contributed by atoms with van der Waals surface area (Å²) in [7, 11) is 0. The van der Waals surface area contributed by atoms with Gasteiger partial charge in [0.1, 0.15) is 28.2 Å². The maximum Gasteiger partial charge on any atom is 0.223 e. The fourth-order valence-corrected chi connectivity index (χ4v) is 5.01. The molecule has 2 heterocycles. The fourth-order valence-electron chi connectivity index (χ4n) is 5.01. The summed E-state index contributed by atoms with van der Waals surface area (Å²) in [6.45, 7) is 1.01. The number of benzene rings is 3. The van der Waals surface area contributed by atoms with Crippen molar-refractivity contribution >= 4 is 16.9 Å². The van der Waals surface area contributed by atoms with Gasteiger partial charge in [-0.3, -0.25) is 9.59 Å². The van der Waals surface area contributed by atoms with Crippen molar-refractivity contribution in [1.29, 1.82) is 0 Å². The Morgan fingerprint density at radius 3 is 2.24 bits per heavy atom. The van der Waals surface area contributed by atoms with Crippen molar-refractivity contribution in [2.24, 2.45) is 0 Å². The number of rotatable bonds is 5. The highest BCUT2D eigenvalue weighted by Crippen LogP contribution is 2.43. The Morgan fingerprint density at radius 1 is 0.921 bits per heavy atom. The van der Waals surface area contributed by atoms with E-state index in [9.17, 15) is 33.0 Å². The number of halogens is 3. The van der Waals surface area contributed by atoms with Crippen molar-refractivity contribution in [2.45, 2.75) is 31.6 Å². The van der Waals surface area contributed by atoms with E-state index in [1.807, 2.05) is 0 Å². The molecule has 1 aliphatic rings. The van der Waals surface area contributed by atoms with Crippen LogP contribution < -0.4 is 5.43 Å². The SMILES string of the molecule is O=C(C[C@H](c1cc(F)c(F)c(F)c1)c1c(O)cc(O)c2c(=O)cc(-c3ccccc3)oc12)N1CCCCC1. The largest absolute Gasteiger partial charge is 0.507 e. The molecule has 0 aliphatic carbocycles. The number of carbonyl (C=O) groups is 1. The lowest BCUT2D eigenvalue weighted by molar-refractivity contribution is -0.132. The van der Waals surface area contributed by atoms with Gasteiger partial charge in [0.2, 0.25) is 5.91 Å². The highest BCUT2D eigenvalue weighted by molar-refractivity contribution is 5.91. The lowest BCUT2D eigenvalue weighted by Crippen LogP contribution is -2.36. The molecule has 1 aromatic heterocycles. The van der Waals surface area contributed by atoms with E-state index < -0.39 is 40.3 Å². The van der Waals surface area contributed by atoms with Gasteiger partial charge in [0.15, 0.2) is 22.9 Å². The predicted octanol–water partition coefficient (Wildman–Crippen LogP) is 5.82. The van der Waals surface area contributed by atoms with Crippen LogP contribution in [0.4, 0.5) is 13.2 Å². The molecule has 1 atom stereocenters. The summed E-state index contributed by atoms with van der Waals surface area (Å²) in [5.41, 5.74) is -0.595. The highest BCUT2D eigenvalue weighted by Gasteiger charge is 2.31. The van der Waals surface area contributed by atoms with Gasteiger partial charge < -0.3 is 19.5 Å². The third-order valence-corrected chi connectivity index (χ3v) is 6.90. The minimum absolute atomic E-state index is 0.118. The van der Waals surface area contributed by atoms with E-state index >= 15 is 0 Å². The average molecular weight is 524 g/mol. The number of amides is 1. The Labute approximate surface area is 215 Å². The summed E-state index contributed by atoms with van der Waals surface area (Å²) in [6.07, 6.45) is 2.23. The van der Waals surface area contributed by atoms with Crippen LogP contribution in [-0.2, 0) is 4.79 Å². The first kappa shape index (κ1) is 25.4. The number of carbonyl (C=O) groups excluding carboxylic acids is 1. The molecular weight excluding hydrogens is 499 g/mol. The molecule has 1 amide bonds. The zero-order valence-electron chi connectivity index (χ0n) is 20.2. The van der Waals surface area contributed by atoms with Gasteiger partial charge >= 0.3 is 0 Å². The van der Waals surface area contributed by atoms with Gasteiger partial charge in [0.05, 0.1) is 0 Å². The van der Waals surface area contributed by atoms with E-state index in [1.54, 1.807) is 35.2 Å². The second kappa shape index (κ2) is 10.2. The topological polar surface area (TPSA) is 91.0 Å². The highest BCUT2D eigenvalue weighted by atomic mass is 19.2. The van der Waals surface area contributed by atoms with Crippen molar-refractivity contribution < 1.29 is 32.6 Å². The first-order valence-corrected chi connectivity index (χ1v) is 12.2. The van der Waals surface area contributed by atoms with E-state index in [-0.39, 0.29) is 40.2 Å². The van der Waals surface area contributed by atoms with Crippen molar-refractivity contribution in [3.63, 3.8) is 0 Å². The zero-order valence-corrected chi connectivity index (χ0v) is 20.2. The molecule has 0 unspecified atom stereocenters. The van der Waals surface area contributed by atoms with Crippen LogP contribution in [0.1, 0.15) is 42.7 Å². The number of fused-ring (bicyclic) bond motifs is 1. The minimum atomic E-state index is -1.67. The van der Waals surface area contributed by atoms with Crippen LogP contribution in [0.3, 0.4) is 0 Å². The molecule has 1 aliphatic heterocycles.